The van der Waals surface area contributed by atoms with Crippen molar-refractivity contribution in [2.24, 2.45) is 5.92 Å². The summed E-state index contributed by atoms with van der Waals surface area (Å²) in [4.78, 5) is 0. The summed E-state index contributed by atoms with van der Waals surface area (Å²) >= 11 is 0. The lowest BCUT2D eigenvalue weighted by molar-refractivity contribution is 0.102. The lowest BCUT2D eigenvalue weighted by Gasteiger charge is -2.25. The Balaban J connectivity index is 2.30. The maximum atomic E-state index is 11.4. The third-order valence-corrected chi connectivity index (χ3v) is 4.37. The molecule has 0 heterocycles. The van der Waals surface area contributed by atoms with Crippen LogP contribution in [0.5, 0.6) is 0 Å². The predicted octanol–water partition coefficient (Wildman–Crippen LogP) is 0.867. The van der Waals surface area contributed by atoms with Crippen molar-refractivity contribution in [2.75, 3.05) is 12.3 Å². The summed E-state index contributed by atoms with van der Waals surface area (Å²) in [5, 5.41) is 9.44. The van der Waals surface area contributed by atoms with E-state index in [4.69, 9.17) is 0 Å². The molecule has 1 fully saturated rings. The molecule has 0 radical (unpaired) electrons. The van der Waals surface area contributed by atoms with E-state index in [1.54, 1.807) is 0 Å². The fourth-order valence-electron chi connectivity index (χ4n) is 2.03. The topological polar surface area (TPSA) is 66.4 Å². The Kier molecular flexibility index (Phi) is 5.02. The molecule has 1 rings (SSSR count). The van der Waals surface area contributed by atoms with E-state index in [1.165, 1.54) is 0 Å². The first kappa shape index (κ1) is 12.9. The number of aliphatic hydroxyl groups excluding tert-OH is 1. The summed E-state index contributed by atoms with van der Waals surface area (Å²) in [6.45, 7) is 2.34. The van der Waals surface area contributed by atoms with Gasteiger partial charge in [-0.3, -0.25) is 0 Å². The molecule has 0 saturated heterocycles. The Morgan fingerprint density at radius 2 is 2.13 bits per heavy atom. The highest BCUT2D eigenvalue weighted by molar-refractivity contribution is 7.89. The first-order chi connectivity index (χ1) is 7.03. The van der Waals surface area contributed by atoms with Gasteiger partial charge in [0, 0.05) is 6.54 Å². The standard InChI is InChI=1S/C10H21NO3S/c1-2-6-15(13,14)11-8-9-4-3-5-10(12)7-9/h9-12H,2-8H2,1H3. The first-order valence-electron chi connectivity index (χ1n) is 5.69. The van der Waals surface area contributed by atoms with Crippen molar-refractivity contribution in [3.05, 3.63) is 0 Å². The van der Waals surface area contributed by atoms with Crippen LogP contribution in [0.1, 0.15) is 39.0 Å². The minimum atomic E-state index is -3.08. The molecule has 0 bridgehead atoms. The number of hydrogen-bond donors (Lipinski definition) is 2. The van der Waals surface area contributed by atoms with Crippen LogP contribution in [0.2, 0.25) is 0 Å². The van der Waals surface area contributed by atoms with Gasteiger partial charge in [-0.15, -0.1) is 0 Å². The van der Waals surface area contributed by atoms with Crippen molar-refractivity contribution in [3.8, 4) is 0 Å². The largest absolute Gasteiger partial charge is 0.393 e. The van der Waals surface area contributed by atoms with Crippen LogP contribution in [-0.2, 0) is 10.0 Å². The summed E-state index contributed by atoms with van der Waals surface area (Å²) in [7, 11) is -3.08. The molecule has 0 amide bonds. The van der Waals surface area contributed by atoms with Crippen LogP contribution in [-0.4, -0.2) is 31.9 Å². The van der Waals surface area contributed by atoms with Gasteiger partial charge in [0.2, 0.25) is 10.0 Å². The average molecular weight is 235 g/mol. The first-order valence-corrected chi connectivity index (χ1v) is 7.34. The van der Waals surface area contributed by atoms with Gasteiger partial charge in [-0.2, -0.15) is 0 Å². The summed E-state index contributed by atoms with van der Waals surface area (Å²) in [5.41, 5.74) is 0. The SMILES string of the molecule is CCCS(=O)(=O)NCC1CCCC(O)C1. The van der Waals surface area contributed by atoms with E-state index in [0.717, 1.165) is 25.7 Å². The molecule has 0 aromatic carbocycles. The van der Waals surface area contributed by atoms with Gasteiger partial charge in [0.1, 0.15) is 0 Å². The molecule has 90 valence electrons. The van der Waals surface area contributed by atoms with Gasteiger partial charge in [-0.05, 0) is 31.6 Å². The van der Waals surface area contributed by atoms with Crippen molar-refractivity contribution in [3.63, 3.8) is 0 Å². The van der Waals surface area contributed by atoms with Gasteiger partial charge in [-0.1, -0.05) is 13.3 Å². The lowest BCUT2D eigenvalue weighted by atomic mass is 9.87. The minimum absolute atomic E-state index is 0.197. The molecule has 4 nitrogen and oxygen atoms in total. The molecule has 2 atom stereocenters. The summed E-state index contributed by atoms with van der Waals surface area (Å²) in [5.74, 6) is 0.503. The van der Waals surface area contributed by atoms with Crippen molar-refractivity contribution < 1.29 is 13.5 Å². The van der Waals surface area contributed by atoms with Crippen LogP contribution in [0.4, 0.5) is 0 Å². The van der Waals surface area contributed by atoms with Gasteiger partial charge in [-0.25, -0.2) is 13.1 Å². The summed E-state index contributed by atoms with van der Waals surface area (Å²) < 4.78 is 25.4. The third-order valence-electron chi connectivity index (χ3n) is 2.82. The molecule has 2 N–H and O–H groups in total. The fourth-order valence-corrected chi connectivity index (χ4v) is 3.21. The zero-order chi connectivity index (χ0) is 11.3. The van der Waals surface area contributed by atoms with Gasteiger partial charge in [0.25, 0.3) is 0 Å². The molecular weight excluding hydrogens is 214 g/mol. The van der Waals surface area contributed by atoms with Gasteiger partial charge in [0.05, 0.1) is 11.9 Å². The average Bonchev–Trinajstić information content (AvgIpc) is 2.15. The maximum Gasteiger partial charge on any atom is 0.211 e. The Hall–Kier alpha value is -0.130. The van der Waals surface area contributed by atoms with Crippen molar-refractivity contribution in [1.82, 2.24) is 4.72 Å². The highest BCUT2D eigenvalue weighted by Gasteiger charge is 2.21. The van der Waals surface area contributed by atoms with E-state index in [0.29, 0.717) is 18.9 Å². The van der Waals surface area contributed by atoms with Crippen LogP contribution in [0.3, 0.4) is 0 Å². The Morgan fingerprint density at radius 1 is 1.40 bits per heavy atom. The molecule has 0 aliphatic heterocycles. The predicted molar refractivity (Wildman–Crippen MR) is 60.0 cm³/mol. The fraction of sp³-hybridized carbons (Fsp3) is 1.00. The van der Waals surface area contributed by atoms with E-state index in [-0.39, 0.29) is 11.9 Å². The molecule has 0 aromatic rings. The minimum Gasteiger partial charge on any atom is -0.393 e. The number of aliphatic hydroxyl groups is 1. The van der Waals surface area contributed by atoms with E-state index < -0.39 is 10.0 Å². The molecule has 0 spiro atoms. The highest BCUT2D eigenvalue weighted by atomic mass is 32.2. The maximum absolute atomic E-state index is 11.4. The van der Waals surface area contributed by atoms with E-state index in [9.17, 15) is 13.5 Å². The summed E-state index contributed by atoms with van der Waals surface area (Å²) in [6, 6.07) is 0. The summed E-state index contributed by atoms with van der Waals surface area (Å²) in [6.07, 6.45) is 4.02. The number of rotatable bonds is 5. The van der Waals surface area contributed by atoms with Crippen molar-refractivity contribution >= 4 is 10.0 Å². The highest BCUT2D eigenvalue weighted by Crippen LogP contribution is 2.23. The molecule has 0 aromatic heterocycles. The van der Waals surface area contributed by atoms with Crippen molar-refractivity contribution in [1.29, 1.82) is 0 Å². The van der Waals surface area contributed by atoms with E-state index >= 15 is 0 Å². The second kappa shape index (κ2) is 5.82. The third kappa shape index (κ3) is 4.95. The smallest absolute Gasteiger partial charge is 0.211 e. The van der Waals surface area contributed by atoms with Crippen LogP contribution < -0.4 is 4.72 Å². The van der Waals surface area contributed by atoms with Crippen LogP contribution in [0.15, 0.2) is 0 Å². The van der Waals surface area contributed by atoms with E-state index in [2.05, 4.69) is 4.72 Å². The van der Waals surface area contributed by atoms with Crippen LogP contribution in [0.25, 0.3) is 0 Å². The normalized spacial score (nSPS) is 27.9. The van der Waals surface area contributed by atoms with Gasteiger partial charge in [0.15, 0.2) is 0 Å². The number of nitrogens with one attached hydrogen (secondary N) is 1. The zero-order valence-electron chi connectivity index (χ0n) is 9.28. The van der Waals surface area contributed by atoms with E-state index in [1.807, 2.05) is 6.92 Å². The second-order valence-electron chi connectivity index (χ2n) is 4.35. The van der Waals surface area contributed by atoms with Crippen LogP contribution >= 0.6 is 0 Å². The zero-order valence-corrected chi connectivity index (χ0v) is 10.1. The van der Waals surface area contributed by atoms with Gasteiger partial charge < -0.3 is 5.11 Å². The Morgan fingerprint density at radius 3 is 2.73 bits per heavy atom. The Bertz CT molecular complexity index is 276. The van der Waals surface area contributed by atoms with Crippen molar-refractivity contribution in [2.45, 2.75) is 45.1 Å². The van der Waals surface area contributed by atoms with Crippen LogP contribution in [0, 0.1) is 5.92 Å². The molecular formula is C10H21NO3S. The quantitative estimate of drug-likeness (QED) is 0.743. The molecule has 5 heteroatoms. The molecule has 15 heavy (non-hydrogen) atoms. The number of hydrogen-bond acceptors (Lipinski definition) is 3. The Labute approximate surface area is 92.1 Å². The molecule has 2 unspecified atom stereocenters. The monoisotopic (exact) mass is 235 g/mol. The molecule has 1 aliphatic rings. The number of sulfonamides is 1. The lowest BCUT2D eigenvalue weighted by Crippen LogP contribution is -2.34. The van der Waals surface area contributed by atoms with Gasteiger partial charge >= 0.3 is 0 Å². The second-order valence-corrected chi connectivity index (χ2v) is 6.28. The molecule has 1 aliphatic carbocycles. The molecule has 1 saturated carbocycles.